The van der Waals surface area contributed by atoms with E-state index in [4.69, 9.17) is 5.73 Å². The largest absolute Gasteiger partial charge is 0.330 e. The first-order valence-corrected chi connectivity index (χ1v) is 7.94. The monoisotopic (exact) mass is 273 g/mol. The van der Waals surface area contributed by atoms with E-state index >= 15 is 0 Å². The van der Waals surface area contributed by atoms with Crippen molar-refractivity contribution in [2.24, 2.45) is 11.7 Å². The maximum Gasteiger partial charge on any atom is 0.0905 e. The predicted octanol–water partition coefficient (Wildman–Crippen LogP) is 4.46. The first kappa shape index (κ1) is 23.7. The molecule has 0 unspecified atom stereocenters. The Balaban J connectivity index is -0.000000249. The molecule has 0 aromatic carbocycles. The number of nitrogens with two attached hydrogens (primary N) is 1. The minimum absolute atomic E-state index is 0.781. The van der Waals surface area contributed by atoms with Crippen LogP contribution < -0.4 is 5.73 Å². The van der Waals surface area contributed by atoms with Crippen LogP contribution in [0.3, 0.4) is 0 Å². The van der Waals surface area contributed by atoms with E-state index in [0.717, 1.165) is 23.5 Å². The van der Waals surface area contributed by atoms with Crippen LogP contribution in [0.25, 0.3) is 0 Å². The van der Waals surface area contributed by atoms with E-state index in [2.05, 4.69) is 48.5 Å². The summed E-state index contributed by atoms with van der Waals surface area (Å²) < 4.78 is 0.969. The summed E-state index contributed by atoms with van der Waals surface area (Å²) in [5.74, 6) is 0.787. The van der Waals surface area contributed by atoms with Crippen LogP contribution >= 0.6 is 0 Å². The molecule has 0 rings (SSSR count). The summed E-state index contributed by atoms with van der Waals surface area (Å²) >= 11 is 0. The highest BCUT2D eigenvalue weighted by Crippen LogP contribution is 2.20. The van der Waals surface area contributed by atoms with Gasteiger partial charge in [0.1, 0.15) is 0 Å². The van der Waals surface area contributed by atoms with E-state index in [0.29, 0.717) is 0 Å². The second-order valence-corrected chi connectivity index (χ2v) is 5.92. The summed E-state index contributed by atoms with van der Waals surface area (Å²) in [7, 11) is 6.40. The SMILES string of the molecule is C=C(C)C(CCC)CCC.CC.C[N+](C)(C)CCN. The lowest BCUT2D eigenvalue weighted by Crippen LogP contribution is -2.38. The number of nitrogens with zero attached hydrogens (tertiary/aromatic N) is 1. The van der Waals surface area contributed by atoms with Gasteiger partial charge < -0.3 is 10.2 Å². The highest BCUT2D eigenvalue weighted by atomic mass is 15.3. The van der Waals surface area contributed by atoms with Crippen molar-refractivity contribution in [3.63, 3.8) is 0 Å². The Morgan fingerprint density at radius 2 is 1.42 bits per heavy atom. The number of quaternary nitrogens is 1. The van der Waals surface area contributed by atoms with Gasteiger partial charge in [0.15, 0.2) is 0 Å². The maximum absolute atomic E-state index is 5.30. The third-order valence-corrected chi connectivity index (χ3v) is 2.77. The average molecular weight is 274 g/mol. The van der Waals surface area contributed by atoms with Gasteiger partial charge in [-0.05, 0) is 25.7 Å². The van der Waals surface area contributed by atoms with Crippen molar-refractivity contribution in [3.8, 4) is 0 Å². The van der Waals surface area contributed by atoms with Crippen molar-refractivity contribution in [2.75, 3.05) is 34.2 Å². The lowest BCUT2D eigenvalue weighted by Gasteiger charge is -2.22. The van der Waals surface area contributed by atoms with Crippen molar-refractivity contribution in [2.45, 2.75) is 60.3 Å². The molecule has 0 aliphatic rings. The number of likely N-dealkylation sites (N-methyl/N-ethyl adjacent to an activating group) is 1. The third-order valence-electron chi connectivity index (χ3n) is 2.77. The van der Waals surface area contributed by atoms with Crippen LogP contribution in [0, 0.1) is 5.92 Å². The van der Waals surface area contributed by atoms with Crippen LogP contribution in [0.5, 0.6) is 0 Å². The third kappa shape index (κ3) is 23.2. The topological polar surface area (TPSA) is 26.0 Å². The summed E-state index contributed by atoms with van der Waals surface area (Å²) in [5, 5.41) is 0. The minimum atomic E-state index is 0.781. The molecule has 2 N–H and O–H groups in total. The molecule has 0 aliphatic carbocycles. The molecular weight excluding hydrogens is 232 g/mol. The minimum Gasteiger partial charge on any atom is -0.330 e. The molecule has 2 nitrogen and oxygen atoms in total. The zero-order chi connectivity index (χ0) is 15.9. The molecule has 0 saturated carbocycles. The Morgan fingerprint density at radius 1 is 1.05 bits per heavy atom. The zero-order valence-corrected chi connectivity index (χ0v) is 15.1. The fraction of sp³-hybridized carbons (Fsp3) is 0.882. The number of allylic oxidation sites excluding steroid dienone is 1. The maximum atomic E-state index is 5.30. The molecular formula is C17H41N2+. The number of hydrogen-bond acceptors (Lipinski definition) is 1. The van der Waals surface area contributed by atoms with Crippen molar-refractivity contribution in [3.05, 3.63) is 12.2 Å². The fourth-order valence-electron chi connectivity index (χ4n) is 1.72. The molecule has 0 aliphatic heterocycles. The predicted molar refractivity (Wildman–Crippen MR) is 91.4 cm³/mol. The molecule has 0 amide bonds. The summed E-state index contributed by atoms with van der Waals surface area (Å²) in [6, 6.07) is 0. The Bertz CT molecular complexity index is 174. The first-order valence-electron chi connectivity index (χ1n) is 7.94. The smallest absolute Gasteiger partial charge is 0.0905 e. The normalized spacial score (nSPS) is 10.2. The van der Waals surface area contributed by atoms with Gasteiger partial charge in [-0.3, -0.25) is 0 Å². The van der Waals surface area contributed by atoms with E-state index < -0.39 is 0 Å². The lowest BCUT2D eigenvalue weighted by atomic mass is 9.92. The van der Waals surface area contributed by atoms with Gasteiger partial charge >= 0.3 is 0 Å². The van der Waals surface area contributed by atoms with Gasteiger partial charge in [0.2, 0.25) is 0 Å². The molecule has 0 bridgehead atoms. The van der Waals surface area contributed by atoms with Gasteiger partial charge in [0, 0.05) is 6.54 Å². The second kappa shape index (κ2) is 15.7. The Morgan fingerprint density at radius 3 is 1.53 bits per heavy atom. The van der Waals surface area contributed by atoms with Crippen LogP contribution in [0.2, 0.25) is 0 Å². The van der Waals surface area contributed by atoms with Crippen LogP contribution in [-0.4, -0.2) is 38.7 Å². The van der Waals surface area contributed by atoms with Crippen molar-refractivity contribution in [1.29, 1.82) is 0 Å². The summed E-state index contributed by atoms with van der Waals surface area (Å²) in [6.45, 7) is 16.5. The molecule has 2 heteroatoms. The quantitative estimate of drug-likeness (QED) is 0.538. The highest BCUT2D eigenvalue weighted by molar-refractivity contribution is 4.95. The molecule has 0 spiro atoms. The van der Waals surface area contributed by atoms with Gasteiger partial charge in [0.25, 0.3) is 0 Å². The van der Waals surface area contributed by atoms with E-state index in [9.17, 15) is 0 Å². The molecule has 0 saturated heterocycles. The van der Waals surface area contributed by atoms with Gasteiger partial charge in [-0.25, -0.2) is 0 Å². The van der Waals surface area contributed by atoms with Gasteiger partial charge in [0.05, 0.1) is 27.7 Å². The summed E-state index contributed by atoms with van der Waals surface area (Å²) in [6.07, 6.45) is 5.22. The van der Waals surface area contributed by atoms with Crippen molar-refractivity contribution < 1.29 is 4.48 Å². The molecule has 0 fully saturated rings. The van der Waals surface area contributed by atoms with E-state index in [1.165, 1.54) is 31.3 Å². The van der Waals surface area contributed by atoms with Gasteiger partial charge in [-0.15, -0.1) is 0 Å². The fourth-order valence-corrected chi connectivity index (χ4v) is 1.72. The molecule has 0 aromatic rings. The Labute approximate surface area is 123 Å². The molecule has 0 radical (unpaired) electrons. The van der Waals surface area contributed by atoms with E-state index in [-0.39, 0.29) is 0 Å². The second-order valence-electron chi connectivity index (χ2n) is 5.92. The first-order chi connectivity index (χ1) is 8.78. The van der Waals surface area contributed by atoms with Crippen LogP contribution in [0.1, 0.15) is 60.3 Å². The lowest BCUT2D eigenvalue weighted by molar-refractivity contribution is -0.868. The Kier molecular flexibility index (Phi) is 19.6. The number of hydrogen-bond donors (Lipinski definition) is 1. The van der Waals surface area contributed by atoms with Crippen LogP contribution in [0.4, 0.5) is 0 Å². The standard InChI is InChI=1S/C10H20.C5H15N2.C2H6/c1-5-7-10(8-6-2)9(3)4;1-7(2,3)5-4-6;1-2/h10H,3,5-8H2,1-2,4H3;4-6H2,1-3H3;1-2H3/q;+1;. The van der Waals surface area contributed by atoms with Crippen LogP contribution in [-0.2, 0) is 0 Å². The summed E-state index contributed by atoms with van der Waals surface area (Å²) in [5.41, 5.74) is 6.66. The van der Waals surface area contributed by atoms with Gasteiger partial charge in [-0.2, -0.15) is 0 Å². The highest BCUT2D eigenvalue weighted by Gasteiger charge is 2.05. The van der Waals surface area contributed by atoms with Crippen molar-refractivity contribution in [1.82, 2.24) is 0 Å². The molecule has 118 valence electrons. The van der Waals surface area contributed by atoms with E-state index in [1.54, 1.807) is 0 Å². The Hall–Kier alpha value is -0.340. The average Bonchev–Trinajstić information content (AvgIpc) is 2.30. The molecule has 19 heavy (non-hydrogen) atoms. The van der Waals surface area contributed by atoms with E-state index in [1.807, 2.05) is 13.8 Å². The number of rotatable bonds is 7. The van der Waals surface area contributed by atoms with Crippen molar-refractivity contribution >= 4 is 0 Å². The van der Waals surface area contributed by atoms with Gasteiger partial charge in [-0.1, -0.05) is 52.7 Å². The summed E-state index contributed by atoms with van der Waals surface area (Å²) in [4.78, 5) is 0. The van der Waals surface area contributed by atoms with Crippen LogP contribution in [0.15, 0.2) is 12.2 Å². The molecule has 0 aromatic heterocycles. The molecule has 0 atom stereocenters. The zero-order valence-electron chi connectivity index (χ0n) is 15.1. The molecule has 0 heterocycles.